The van der Waals surface area contributed by atoms with Gasteiger partial charge in [-0.1, -0.05) is 23.7 Å². The summed E-state index contributed by atoms with van der Waals surface area (Å²) in [7, 11) is 0. The Labute approximate surface area is 89.7 Å². The minimum Gasteiger partial charge on any atom is -0.392 e. The zero-order valence-electron chi connectivity index (χ0n) is 8.28. The van der Waals surface area contributed by atoms with Crippen LogP contribution < -0.4 is 5.73 Å². The van der Waals surface area contributed by atoms with Crippen molar-refractivity contribution in [3.63, 3.8) is 0 Å². The fraction of sp³-hybridized carbons (Fsp3) is 0.455. The number of halogens is 1. The molecular weight excluding hydrogens is 198 g/mol. The maximum absolute atomic E-state index is 9.50. The highest BCUT2D eigenvalue weighted by Crippen LogP contribution is 2.13. The average molecular weight is 214 g/mol. The lowest BCUT2D eigenvalue weighted by atomic mass is 10.0. The van der Waals surface area contributed by atoms with Crippen molar-refractivity contribution in [2.75, 3.05) is 0 Å². The molecule has 0 saturated heterocycles. The molecule has 0 aromatic heterocycles. The number of rotatable bonds is 4. The molecule has 2 unspecified atom stereocenters. The van der Waals surface area contributed by atoms with Crippen LogP contribution in [-0.4, -0.2) is 17.3 Å². The van der Waals surface area contributed by atoms with E-state index in [0.29, 0.717) is 6.42 Å². The summed E-state index contributed by atoms with van der Waals surface area (Å²) in [5.74, 6) is 0. The Morgan fingerprint density at radius 2 is 2.21 bits per heavy atom. The molecule has 0 radical (unpaired) electrons. The molecule has 2 nitrogen and oxygen atoms in total. The monoisotopic (exact) mass is 213 g/mol. The Morgan fingerprint density at radius 1 is 1.50 bits per heavy atom. The SMILES string of the molecule is CC(N)C(O)CCc1cccc(Cl)c1. The van der Waals surface area contributed by atoms with Gasteiger partial charge in [0.05, 0.1) is 6.10 Å². The van der Waals surface area contributed by atoms with Crippen LogP contribution in [0.2, 0.25) is 5.02 Å². The van der Waals surface area contributed by atoms with Crippen LogP contribution in [0.5, 0.6) is 0 Å². The van der Waals surface area contributed by atoms with Crippen molar-refractivity contribution >= 4 is 11.6 Å². The van der Waals surface area contributed by atoms with E-state index < -0.39 is 6.10 Å². The summed E-state index contributed by atoms with van der Waals surface area (Å²) in [6.45, 7) is 1.81. The van der Waals surface area contributed by atoms with Crippen molar-refractivity contribution in [1.82, 2.24) is 0 Å². The summed E-state index contributed by atoms with van der Waals surface area (Å²) >= 11 is 5.84. The fourth-order valence-corrected chi connectivity index (χ4v) is 1.48. The van der Waals surface area contributed by atoms with Crippen LogP contribution in [0.4, 0.5) is 0 Å². The van der Waals surface area contributed by atoms with Crippen molar-refractivity contribution < 1.29 is 5.11 Å². The number of benzene rings is 1. The first-order valence-electron chi connectivity index (χ1n) is 4.77. The van der Waals surface area contributed by atoms with Crippen LogP contribution in [0.1, 0.15) is 18.9 Å². The summed E-state index contributed by atoms with van der Waals surface area (Å²) in [6.07, 6.45) is 1.05. The minimum absolute atomic E-state index is 0.172. The molecule has 0 spiro atoms. The molecule has 3 heteroatoms. The van der Waals surface area contributed by atoms with Gasteiger partial charge in [-0.25, -0.2) is 0 Å². The number of aliphatic hydroxyl groups excluding tert-OH is 1. The van der Waals surface area contributed by atoms with E-state index in [2.05, 4.69) is 0 Å². The van der Waals surface area contributed by atoms with E-state index in [1.165, 1.54) is 0 Å². The van der Waals surface area contributed by atoms with E-state index >= 15 is 0 Å². The van der Waals surface area contributed by atoms with Gasteiger partial charge in [-0.3, -0.25) is 0 Å². The third-order valence-electron chi connectivity index (χ3n) is 2.22. The fourth-order valence-electron chi connectivity index (χ4n) is 1.27. The van der Waals surface area contributed by atoms with Crippen LogP contribution in [0.15, 0.2) is 24.3 Å². The van der Waals surface area contributed by atoms with Crippen LogP contribution in [0.25, 0.3) is 0 Å². The van der Waals surface area contributed by atoms with Gasteiger partial charge in [-0.2, -0.15) is 0 Å². The summed E-state index contributed by atoms with van der Waals surface area (Å²) in [5.41, 5.74) is 6.69. The molecule has 0 aliphatic rings. The van der Waals surface area contributed by atoms with Crippen LogP contribution in [-0.2, 0) is 6.42 Å². The highest BCUT2D eigenvalue weighted by atomic mass is 35.5. The van der Waals surface area contributed by atoms with E-state index in [0.717, 1.165) is 17.0 Å². The second kappa shape index (κ2) is 5.35. The van der Waals surface area contributed by atoms with E-state index in [9.17, 15) is 5.11 Å². The molecule has 0 aliphatic carbocycles. The van der Waals surface area contributed by atoms with Gasteiger partial charge in [0.2, 0.25) is 0 Å². The molecule has 0 aliphatic heterocycles. The quantitative estimate of drug-likeness (QED) is 0.804. The van der Waals surface area contributed by atoms with Gasteiger partial charge in [0.1, 0.15) is 0 Å². The van der Waals surface area contributed by atoms with Gasteiger partial charge in [-0.15, -0.1) is 0 Å². The van der Waals surface area contributed by atoms with Crippen molar-refractivity contribution in [1.29, 1.82) is 0 Å². The van der Waals surface area contributed by atoms with Gasteiger partial charge in [0.15, 0.2) is 0 Å². The Morgan fingerprint density at radius 3 is 2.79 bits per heavy atom. The standard InChI is InChI=1S/C11H16ClNO/c1-8(13)11(14)6-5-9-3-2-4-10(12)7-9/h2-4,7-8,11,14H,5-6,13H2,1H3. The molecule has 0 bridgehead atoms. The Kier molecular flexibility index (Phi) is 4.39. The zero-order valence-corrected chi connectivity index (χ0v) is 9.04. The molecule has 0 amide bonds. The number of hydrogen-bond donors (Lipinski definition) is 2. The second-order valence-electron chi connectivity index (χ2n) is 3.60. The summed E-state index contributed by atoms with van der Waals surface area (Å²) in [6, 6.07) is 7.49. The van der Waals surface area contributed by atoms with Crippen molar-refractivity contribution in [2.45, 2.75) is 31.9 Å². The van der Waals surface area contributed by atoms with Crippen LogP contribution in [0.3, 0.4) is 0 Å². The molecule has 0 fully saturated rings. The zero-order chi connectivity index (χ0) is 10.6. The lowest BCUT2D eigenvalue weighted by Crippen LogP contribution is -2.31. The molecule has 14 heavy (non-hydrogen) atoms. The van der Waals surface area contributed by atoms with E-state index in [1.807, 2.05) is 31.2 Å². The highest BCUT2D eigenvalue weighted by molar-refractivity contribution is 6.30. The molecule has 1 aromatic carbocycles. The number of hydrogen-bond acceptors (Lipinski definition) is 2. The van der Waals surface area contributed by atoms with E-state index in [-0.39, 0.29) is 6.04 Å². The van der Waals surface area contributed by atoms with Gasteiger partial charge in [0, 0.05) is 11.1 Å². The highest BCUT2D eigenvalue weighted by Gasteiger charge is 2.09. The average Bonchev–Trinajstić information content (AvgIpc) is 2.14. The van der Waals surface area contributed by atoms with Crippen molar-refractivity contribution in [3.05, 3.63) is 34.9 Å². The van der Waals surface area contributed by atoms with Gasteiger partial charge >= 0.3 is 0 Å². The van der Waals surface area contributed by atoms with Gasteiger partial charge < -0.3 is 10.8 Å². The largest absolute Gasteiger partial charge is 0.392 e. The van der Waals surface area contributed by atoms with Gasteiger partial charge in [-0.05, 0) is 37.5 Å². The molecule has 1 aromatic rings. The molecule has 1 rings (SSSR count). The number of aryl methyl sites for hydroxylation is 1. The first-order valence-corrected chi connectivity index (χ1v) is 5.15. The molecule has 0 heterocycles. The Hall–Kier alpha value is -0.570. The lowest BCUT2D eigenvalue weighted by Gasteiger charge is -2.13. The Bertz CT molecular complexity index is 288. The first-order chi connectivity index (χ1) is 6.59. The maximum Gasteiger partial charge on any atom is 0.0691 e. The van der Waals surface area contributed by atoms with Gasteiger partial charge in [0.25, 0.3) is 0 Å². The van der Waals surface area contributed by atoms with Crippen molar-refractivity contribution in [3.8, 4) is 0 Å². The van der Waals surface area contributed by atoms with E-state index in [4.69, 9.17) is 17.3 Å². The second-order valence-corrected chi connectivity index (χ2v) is 4.03. The summed E-state index contributed by atoms with van der Waals surface area (Å²) in [4.78, 5) is 0. The molecule has 2 atom stereocenters. The van der Waals surface area contributed by atoms with Crippen LogP contribution >= 0.6 is 11.6 Å². The predicted molar refractivity (Wildman–Crippen MR) is 59.4 cm³/mol. The lowest BCUT2D eigenvalue weighted by molar-refractivity contribution is 0.141. The third-order valence-corrected chi connectivity index (χ3v) is 2.46. The summed E-state index contributed by atoms with van der Waals surface area (Å²) < 4.78 is 0. The molecular formula is C11H16ClNO. The topological polar surface area (TPSA) is 46.2 Å². The van der Waals surface area contributed by atoms with Crippen LogP contribution in [0, 0.1) is 0 Å². The molecule has 3 N–H and O–H groups in total. The molecule has 78 valence electrons. The number of aliphatic hydroxyl groups is 1. The maximum atomic E-state index is 9.50. The van der Waals surface area contributed by atoms with Crippen molar-refractivity contribution in [2.24, 2.45) is 5.73 Å². The smallest absolute Gasteiger partial charge is 0.0691 e. The normalized spacial score (nSPS) is 15.1. The third kappa shape index (κ3) is 3.66. The minimum atomic E-state index is -0.436. The summed E-state index contributed by atoms with van der Waals surface area (Å²) in [5, 5.41) is 10.2. The predicted octanol–water partition coefficient (Wildman–Crippen LogP) is 1.98. The first kappa shape index (κ1) is 11.5. The van der Waals surface area contributed by atoms with E-state index in [1.54, 1.807) is 0 Å². The number of nitrogens with two attached hydrogens (primary N) is 1. The molecule has 0 saturated carbocycles. The Balaban J connectivity index is 2.45.